The van der Waals surface area contributed by atoms with Gasteiger partial charge >= 0.3 is 0 Å². The van der Waals surface area contributed by atoms with E-state index in [1.807, 2.05) is 50.2 Å². The van der Waals surface area contributed by atoms with Crippen molar-refractivity contribution >= 4 is 17.6 Å². The topological polar surface area (TPSA) is 76.0 Å². The number of rotatable bonds is 4. The molecule has 3 aromatic rings. The van der Waals surface area contributed by atoms with Gasteiger partial charge in [0.05, 0.1) is 11.4 Å². The number of hydrogen-bond donors (Lipinski definition) is 2. The SMILES string of the molecule is Cc1cccc(C(=O)N[C@@H]2C(=O)Nc3c(c(C)nn3-c3ccccc3)[C@@H]2C2CCC(F)(F)CC2)c1. The van der Waals surface area contributed by atoms with Crippen molar-refractivity contribution in [2.75, 3.05) is 5.32 Å². The zero-order chi connectivity index (χ0) is 24.7. The van der Waals surface area contributed by atoms with E-state index in [0.29, 0.717) is 17.1 Å². The molecule has 1 aliphatic carbocycles. The molecule has 1 saturated carbocycles. The summed E-state index contributed by atoms with van der Waals surface area (Å²) in [5.74, 6) is -3.52. The Morgan fingerprint density at radius 3 is 2.49 bits per heavy atom. The van der Waals surface area contributed by atoms with Gasteiger partial charge < -0.3 is 10.6 Å². The fourth-order valence-electron chi connectivity index (χ4n) is 5.43. The van der Waals surface area contributed by atoms with Gasteiger partial charge in [0.2, 0.25) is 11.8 Å². The minimum atomic E-state index is -2.69. The van der Waals surface area contributed by atoms with Crippen molar-refractivity contribution in [3.63, 3.8) is 0 Å². The van der Waals surface area contributed by atoms with Crippen molar-refractivity contribution < 1.29 is 18.4 Å². The average Bonchev–Trinajstić information content (AvgIpc) is 3.16. The highest BCUT2D eigenvalue weighted by molar-refractivity contribution is 6.03. The van der Waals surface area contributed by atoms with Gasteiger partial charge in [0.15, 0.2) is 0 Å². The molecule has 0 saturated heterocycles. The first-order valence-corrected chi connectivity index (χ1v) is 11.9. The Hall–Kier alpha value is -3.55. The lowest BCUT2D eigenvalue weighted by molar-refractivity contribution is -0.119. The predicted octanol–water partition coefficient (Wildman–Crippen LogP) is 5.15. The van der Waals surface area contributed by atoms with Gasteiger partial charge in [-0.1, -0.05) is 35.9 Å². The first-order chi connectivity index (χ1) is 16.7. The van der Waals surface area contributed by atoms with Crippen molar-refractivity contribution in [1.82, 2.24) is 15.1 Å². The Bertz CT molecular complexity index is 1260. The summed E-state index contributed by atoms with van der Waals surface area (Å²) in [6.45, 7) is 3.75. The van der Waals surface area contributed by atoms with Crippen LogP contribution in [0.5, 0.6) is 0 Å². The molecule has 0 radical (unpaired) electrons. The molecule has 2 N–H and O–H groups in total. The van der Waals surface area contributed by atoms with E-state index in [-0.39, 0.29) is 43.4 Å². The van der Waals surface area contributed by atoms with Crippen LogP contribution in [0.1, 0.15) is 58.8 Å². The molecule has 8 heteroatoms. The number of carbonyl (C=O) groups is 2. The summed E-state index contributed by atoms with van der Waals surface area (Å²) < 4.78 is 29.7. The van der Waals surface area contributed by atoms with E-state index in [4.69, 9.17) is 5.10 Å². The summed E-state index contributed by atoms with van der Waals surface area (Å²) in [6.07, 6.45) is 0.0966. The smallest absolute Gasteiger partial charge is 0.251 e. The highest BCUT2D eigenvalue weighted by Gasteiger charge is 2.47. The van der Waals surface area contributed by atoms with Crippen LogP contribution in [-0.2, 0) is 4.79 Å². The number of hydrogen-bond acceptors (Lipinski definition) is 3. The number of para-hydroxylation sites is 1. The minimum absolute atomic E-state index is 0.186. The van der Waals surface area contributed by atoms with Crippen LogP contribution < -0.4 is 10.6 Å². The van der Waals surface area contributed by atoms with E-state index in [1.165, 1.54) is 0 Å². The Balaban J connectivity index is 1.56. The standard InChI is InChI=1S/C27H28F2N4O2/c1-16-7-6-8-19(15-16)25(34)30-23-22(18-11-13-27(28,29)14-12-18)21-17(2)32-33(24(21)31-26(23)35)20-9-4-3-5-10-20/h3-10,15,18,22-23H,11-14H2,1-2H3,(H,30,34)(H,31,35)/t22-,23-/m0/s1. The van der Waals surface area contributed by atoms with Crippen molar-refractivity contribution in [1.29, 1.82) is 0 Å². The monoisotopic (exact) mass is 478 g/mol. The number of aromatic nitrogens is 2. The summed E-state index contributed by atoms with van der Waals surface area (Å²) in [6, 6.07) is 15.7. The van der Waals surface area contributed by atoms with Crippen LogP contribution in [0.4, 0.5) is 14.6 Å². The molecule has 2 amide bonds. The quantitative estimate of drug-likeness (QED) is 0.545. The number of alkyl halides is 2. The third-order valence-electron chi connectivity index (χ3n) is 7.16. The predicted molar refractivity (Wildman–Crippen MR) is 129 cm³/mol. The number of aryl methyl sites for hydroxylation is 2. The van der Waals surface area contributed by atoms with Gasteiger partial charge in [0.1, 0.15) is 11.9 Å². The molecular formula is C27H28F2N4O2. The lowest BCUT2D eigenvalue weighted by Crippen LogP contribution is -2.52. The second kappa shape index (κ2) is 8.91. The molecule has 1 aromatic heterocycles. The molecule has 182 valence electrons. The molecule has 2 heterocycles. The molecule has 35 heavy (non-hydrogen) atoms. The molecule has 1 fully saturated rings. The molecule has 1 aliphatic heterocycles. The molecule has 5 rings (SSSR count). The number of amides is 2. The third kappa shape index (κ3) is 4.45. The fraction of sp³-hybridized carbons (Fsp3) is 0.370. The van der Waals surface area contributed by atoms with Gasteiger partial charge in [0.25, 0.3) is 5.91 Å². The summed E-state index contributed by atoms with van der Waals surface area (Å²) in [5.41, 5.74) is 3.68. The average molecular weight is 479 g/mol. The molecule has 0 unspecified atom stereocenters. The third-order valence-corrected chi connectivity index (χ3v) is 7.16. The van der Waals surface area contributed by atoms with Gasteiger partial charge in [-0.15, -0.1) is 0 Å². The summed E-state index contributed by atoms with van der Waals surface area (Å²) >= 11 is 0. The van der Waals surface area contributed by atoms with Crippen LogP contribution >= 0.6 is 0 Å². The Kier molecular flexibility index (Phi) is 5.91. The molecular weight excluding hydrogens is 450 g/mol. The Labute approximate surface area is 202 Å². The largest absolute Gasteiger partial charge is 0.340 e. The second-order valence-corrected chi connectivity index (χ2v) is 9.62. The van der Waals surface area contributed by atoms with Crippen LogP contribution in [-0.4, -0.2) is 33.6 Å². The number of fused-ring (bicyclic) bond motifs is 1. The van der Waals surface area contributed by atoms with Gasteiger partial charge in [-0.25, -0.2) is 13.5 Å². The zero-order valence-electron chi connectivity index (χ0n) is 19.7. The number of nitrogens with one attached hydrogen (secondary N) is 2. The molecule has 0 spiro atoms. The van der Waals surface area contributed by atoms with Crippen molar-refractivity contribution in [2.45, 2.75) is 57.4 Å². The molecule has 6 nitrogen and oxygen atoms in total. The van der Waals surface area contributed by atoms with Gasteiger partial charge in [-0.3, -0.25) is 9.59 Å². The Morgan fingerprint density at radius 2 is 1.80 bits per heavy atom. The van der Waals surface area contributed by atoms with Crippen molar-refractivity contribution in [2.24, 2.45) is 5.92 Å². The number of nitrogens with zero attached hydrogens (tertiary/aromatic N) is 2. The highest BCUT2D eigenvalue weighted by Crippen LogP contribution is 2.48. The summed E-state index contributed by atoms with van der Waals surface area (Å²) in [5, 5.41) is 10.6. The lowest BCUT2D eigenvalue weighted by Gasteiger charge is -2.40. The zero-order valence-corrected chi connectivity index (χ0v) is 19.7. The van der Waals surface area contributed by atoms with E-state index in [9.17, 15) is 18.4 Å². The van der Waals surface area contributed by atoms with E-state index in [2.05, 4.69) is 10.6 Å². The summed E-state index contributed by atoms with van der Waals surface area (Å²) in [4.78, 5) is 26.6. The number of carbonyl (C=O) groups excluding carboxylic acids is 2. The first-order valence-electron chi connectivity index (χ1n) is 11.9. The van der Waals surface area contributed by atoms with E-state index in [1.54, 1.807) is 22.9 Å². The van der Waals surface area contributed by atoms with Gasteiger partial charge in [-0.2, -0.15) is 5.10 Å². The van der Waals surface area contributed by atoms with E-state index in [0.717, 1.165) is 16.8 Å². The van der Waals surface area contributed by atoms with E-state index < -0.39 is 17.9 Å². The number of halogens is 2. The number of benzene rings is 2. The molecule has 0 bridgehead atoms. The Morgan fingerprint density at radius 1 is 1.09 bits per heavy atom. The first kappa shape index (κ1) is 23.2. The van der Waals surface area contributed by atoms with Crippen LogP contribution in [0.15, 0.2) is 54.6 Å². The normalized spacial score (nSPS) is 21.8. The van der Waals surface area contributed by atoms with Crippen molar-refractivity contribution in [3.8, 4) is 5.69 Å². The minimum Gasteiger partial charge on any atom is -0.340 e. The number of anilines is 1. The molecule has 2 aliphatic rings. The fourth-order valence-corrected chi connectivity index (χ4v) is 5.43. The van der Waals surface area contributed by atoms with Gasteiger partial charge in [-0.05, 0) is 56.9 Å². The lowest BCUT2D eigenvalue weighted by atomic mass is 9.71. The summed E-state index contributed by atoms with van der Waals surface area (Å²) in [7, 11) is 0. The second-order valence-electron chi connectivity index (χ2n) is 9.62. The maximum Gasteiger partial charge on any atom is 0.251 e. The van der Waals surface area contributed by atoms with E-state index >= 15 is 0 Å². The van der Waals surface area contributed by atoms with Crippen molar-refractivity contribution in [3.05, 3.63) is 77.0 Å². The maximum absolute atomic E-state index is 14.0. The molecule has 2 atom stereocenters. The van der Waals surface area contributed by atoms with Gasteiger partial charge in [0, 0.05) is 29.9 Å². The van der Waals surface area contributed by atoms with Crippen LogP contribution in [0.25, 0.3) is 5.69 Å². The molecule has 2 aromatic carbocycles. The van der Waals surface area contributed by atoms with Crippen LogP contribution in [0.2, 0.25) is 0 Å². The van der Waals surface area contributed by atoms with Crippen LogP contribution in [0.3, 0.4) is 0 Å². The maximum atomic E-state index is 14.0. The van der Waals surface area contributed by atoms with Crippen LogP contribution in [0, 0.1) is 19.8 Å². The highest BCUT2D eigenvalue weighted by atomic mass is 19.3.